The van der Waals surface area contributed by atoms with Crippen molar-refractivity contribution in [2.45, 2.75) is 69.9 Å². The van der Waals surface area contributed by atoms with Crippen molar-refractivity contribution in [3.05, 3.63) is 35.9 Å². The van der Waals surface area contributed by atoms with Gasteiger partial charge in [-0.1, -0.05) is 49.6 Å². The van der Waals surface area contributed by atoms with E-state index in [4.69, 9.17) is 0 Å². The fourth-order valence-corrected chi connectivity index (χ4v) is 6.42. The van der Waals surface area contributed by atoms with Crippen LogP contribution in [0.4, 0.5) is 0 Å². The Kier molecular flexibility index (Phi) is 4.92. The van der Waals surface area contributed by atoms with Crippen molar-refractivity contribution in [3.63, 3.8) is 0 Å². The molecule has 1 aromatic rings. The van der Waals surface area contributed by atoms with Crippen molar-refractivity contribution in [1.29, 1.82) is 0 Å². The van der Waals surface area contributed by atoms with Gasteiger partial charge in [-0.15, -0.1) is 0 Å². The van der Waals surface area contributed by atoms with Gasteiger partial charge >= 0.3 is 0 Å². The van der Waals surface area contributed by atoms with Gasteiger partial charge in [-0.2, -0.15) is 0 Å². The molecule has 154 valence electrons. The first-order valence-corrected chi connectivity index (χ1v) is 11.3. The minimum Gasteiger partial charge on any atom is -0.352 e. The molecule has 4 aliphatic rings. The van der Waals surface area contributed by atoms with Gasteiger partial charge < -0.3 is 5.32 Å². The maximum Gasteiger partial charge on any atom is 0.243 e. The number of carbonyl (C=O) groups excluding carboxylic acids is 3. The molecule has 5 rings (SSSR count). The van der Waals surface area contributed by atoms with Crippen LogP contribution >= 0.6 is 0 Å². The predicted octanol–water partition coefficient (Wildman–Crippen LogP) is 3.08. The Morgan fingerprint density at radius 3 is 2.17 bits per heavy atom. The number of amides is 3. The van der Waals surface area contributed by atoms with Crippen molar-refractivity contribution >= 4 is 17.7 Å². The average Bonchev–Trinajstić information content (AvgIpc) is 3.42. The molecule has 2 bridgehead atoms. The van der Waals surface area contributed by atoms with Gasteiger partial charge in [-0.25, -0.2) is 0 Å². The van der Waals surface area contributed by atoms with Crippen molar-refractivity contribution in [1.82, 2.24) is 10.2 Å². The number of imide groups is 1. The van der Waals surface area contributed by atoms with E-state index in [1.54, 1.807) is 0 Å². The van der Waals surface area contributed by atoms with E-state index < -0.39 is 6.04 Å². The molecule has 0 aromatic heterocycles. The van der Waals surface area contributed by atoms with Crippen LogP contribution in [0.15, 0.2) is 30.3 Å². The number of hydrogen-bond acceptors (Lipinski definition) is 3. The Hall–Kier alpha value is -2.17. The summed E-state index contributed by atoms with van der Waals surface area (Å²) in [5.41, 5.74) is 0.983. The fourth-order valence-electron chi connectivity index (χ4n) is 6.42. The van der Waals surface area contributed by atoms with Crippen LogP contribution in [0.3, 0.4) is 0 Å². The van der Waals surface area contributed by atoms with Crippen LogP contribution in [0.2, 0.25) is 0 Å². The van der Waals surface area contributed by atoms with E-state index in [1.165, 1.54) is 11.3 Å². The lowest BCUT2D eigenvalue weighted by Crippen LogP contribution is -2.53. The van der Waals surface area contributed by atoms with E-state index in [0.29, 0.717) is 18.3 Å². The van der Waals surface area contributed by atoms with Crippen LogP contribution < -0.4 is 5.32 Å². The van der Waals surface area contributed by atoms with Crippen molar-refractivity contribution in [2.24, 2.45) is 23.7 Å². The molecule has 29 heavy (non-hydrogen) atoms. The Labute approximate surface area is 172 Å². The van der Waals surface area contributed by atoms with E-state index in [0.717, 1.165) is 50.5 Å². The van der Waals surface area contributed by atoms with Crippen LogP contribution in [0.1, 0.15) is 56.9 Å². The van der Waals surface area contributed by atoms with E-state index in [-0.39, 0.29) is 35.6 Å². The highest BCUT2D eigenvalue weighted by atomic mass is 16.2. The number of likely N-dealkylation sites (tertiary alicyclic amines) is 1. The summed E-state index contributed by atoms with van der Waals surface area (Å²) in [4.78, 5) is 41.4. The lowest BCUT2D eigenvalue weighted by Gasteiger charge is -2.30. The Morgan fingerprint density at radius 1 is 0.931 bits per heavy atom. The quantitative estimate of drug-likeness (QED) is 0.781. The maximum atomic E-state index is 13.3. The minimum absolute atomic E-state index is 0.0908. The van der Waals surface area contributed by atoms with Crippen LogP contribution in [0.25, 0.3) is 0 Å². The summed E-state index contributed by atoms with van der Waals surface area (Å²) in [6.45, 7) is 0. The lowest BCUT2D eigenvalue weighted by molar-refractivity contribution is -0.149. The lowest BCUT2D eigenvalue weighted by atomic mass is 9.81. The molecule has 3 aliphatic carbocycles. The summed E-state index contributed by atoms with van der Waals surface area (Å²) in [5.74, 6) is -0.0203. The standard InChI is InChI=1S/C24H30N2O3/c27-22(25-18-9-5-2-6-10-18)19(13-15-7-3-1-4-8-15)26-23(28)20-16-11-12-17(14-16)21(20)24(26)29/h1,3-4,7-8,16-21H,2,5-6,9-14H2,(H,25,27)/t16-,17-,19+,20+,21+/m1/s1. The van der Waals surface area contributed by atoms with Gasteiger partial charge in [-0.3, -0.25) is 19.3 Å². The van der Waals surface area contributed by atoms with Crippen LogP contribution in [-0.2, 0) is 20.8 Å². The molecule has 1 aliphatic heterocycles. The Bertz CT molecular complexity index is 774. The molecule has 1 heterocycles. The third-order valence-corrected chi connectivity index (χ3v) is 7.80. The fraction of sp³-hybridized carbons (Fsp3) is 0.625. The van der Waals surface area contributed by atoms with Crippen molar-refractivity contribution < 1.29 is 14.4 Å². The van der Waals surface area contributed by atoms with Gasteiger partial charge in [0.1, 0.15) is 6.04 Å². The van der Waals surface area contributed by atoms with Crippen LogP contribution in [0, 0.1) is 23.7 Å². The summed E-state index contributed by atoms with van der Waals surface area (Å²) < 4.78 is 0. The molecule has 0 spiro atoms. The third kappa shape index (κ3) is 3.28. The van der Waals surface area contributed by atoms with Crippen LogP contribution in [0.5, 0.6) is 0 Å². The molecule has 5 heteroatoms. The normalized spacial score (nSPS) is 32.5. The molecule has 4 fully saturated rings. The summed E-state index contributed by atoms with van der Waals surface area (Å²) in [7, 11) is 0. The molecule has 0 unspecified atom stereocenters. The average molecular weight is 395 g/mol. The number of nitrogens with one attached hydrogen (secondary N) is 1. The molecule has 1 saturated heterocycles. The van der Waals surface area contributed by atoms with E-state index in [1.807, 2.05) is 30.3 Å². The molecule has 0 radical (unpaired) electrons. The number of fused-ring (bicyclic) bond motifs is 5. The Morgan fingerprint density at radius 2 is 1.55 bits per heavy atom. The van der Waals surface area contributed by atoms with E-state index >= 15 is 0 Å². The first-order valence-electron chi connectivity index (χ1n) is 11.3. The highest BCUT2D eigenvalue weighted by Crippen LogP contribution is 2.56. The van der Waals surface area contributed by atoms with Crippen LogP contribution in [-0.4, -0.2) is 34.7 Å². The maximum absolute atomic E-state index is 13.3. The zero-order valence-corrected chi connectivity index (χ0v) is 16.9. The van der Waals surface area contributed by atoms with Gasteiger partial charge in [0.25, 0.3) is 0 Å². The molecule has 1 aromatic carbocycles. The second-order valence-corrected chi connectivity index (χ2v) is 9.48. The molecule has 5 atom stereocenters. The second-order valence-electron chi connectivity index (χ2n) is 9.48. The number of rotatable bonds is 5. The number of hydrogen-bond donors (Lipinski definition) is 1. The minimum atomic E-state index is -0.732. The summed E-state index contributed by atoms with van der Waals surface area (Å²) in [6.07, 6.45) is 8.96. The van der Waals surface area contributed by atoms with E-state index in [9.17, 15) is 14.4 Å². The molecule has 1 N–H and O–H groups in total. The largest absolute Gasteiger partial charge is 0.352 e. The highest BCUT2D eigenvalue weighted by Gasteiger charge is 2.62. The molecule has 5 nitrogen and oxygen atoms in total. The first-order chi connectivity index (χ1) is 14.1. The van der Waals surface area contributed by atoms with Gasteiger partial charge in [0.05, 0.1) is 11.8 Å². The summed E-state index contributed by atoms with van der Waals surface area (Å²) in [6, 6.07) is 9.19. The molecule has 3 amide bonds. The van der Waals surface area contributed by atoms with Crippen molar-refractivity contribution in [3.8, 4) is 0 Å². The zero-order valence-electron chi connectivity index (χ0n) is 16.9. The zero-order chi connectivity index (χ0) is 20.0. The van der Waals surface area contributed by atoms with Gasteiger partial charge in [0.2, 0.25) is 17.7 Å². The van der Waals surface area contributed by atoms with Gasteiger partial charge in [0.15, 0.2) is 0 Å². The highest BCUT2D eigenvalue weighted by molar-refractivity contribution is 6.09. The predicted molar refractivity (Wildman–Crippen MR) is 109 cm³/mol. The molecular formula is C24H30N2O3. The van der Waals surface area contributed by atoms with E-state index in [2.05, 4.69) is 5.32 Å². The van der Waals surface area contributed by atoms with Gasteiger partial charge in [0, 0.05) is 12.5 Å². The number of carbonyl (C=O) groups is 3. The summed E-state index contributed by atoms with van der Waals surface area (Å²) in [5, 5.41) is 3.18. The van der Waals surface area contributed by atoms with Gasteiger partial charge in [-0.05, 0) is 49.5 Å². The third-order valence-electron chi connectivity index (χ3n) is 7.80. The first kappa shape index (κ1) is 18.8. The Balaban J connectivity index is 1.41. The molecular weight excluding hydrogens is 364 g/mol. The second kappa shape index (κ2) is 7.58. The smallest absolute Gasteiger partial charge is 0.243 e. The topological polar surface area (TPSA) is 66.5 Å². The SMILES string of the molecule is O=C(NC1CCCCC1)[C@H](Cc1ccccc1)N1C(=O)[C@H]2[C@@H]3CC[C@H](C3)[C@@H]2C1=O. The van der Waals surface area contributed by atoms with Crippen molar-refractivity contribution in [2.75, 3.05) is 0 Å². The number of benzene rings is 1. The monoisotopic (exact) mass is 394 g/mol. The number of nitrogens with zero attached hydrogens (tertiary/aromatic N) is 1. The molecule has 3 saturated carbocycles. The summed E-state index contributed by atoms with van der Waals surface area (Å²) >= 11 is 0.